The van der Waals surface area contributed by atoms with Crippen LogP contribution < -0.4 is 14.8 Å². The Kier molecular flexibility index (Phi) is 5.99. The summed E-state index contributed by atoms with van der Waals surface area (Å²) in [6.45, 7) is 6.60. The maximum Gasteiger partial charge on any atom is 0.263 e. The molecule has 1 N–H and O–H groups in total. The van der Waals surface area contributed by atoms with E-state index in [4.69, 9.17) is 14.6 Å². The summed E-state index contributed by atoms with van der Waals surface area (Å²) in [5.41, 5.74) is 5.41. The van der Waals surface area contributed by atoms with Crippen LogP contribution >= 0.6 is 11.8 Å². The highest BCUT2D eigenvalue weighted by Gasteiger charge is 2.25. The van der Waals surface area contributed by atoms with Gasteiger partial charge in [0.1, 0.15) is 17.3 Å². The van der Waals surface area contributed by atoms with Crippen molar-refractivity contribution >= 4 is 23.5 Å². The van der Waals surface area contributed by atoms with E-state index in [-0.39, 0.29) is 12.5 Å². The number of carbonyl (C=O) groups is 1. The molecule has 156 valence electrons. The van der Waals surface area contributed by atoms with Crippen molar-refractivity contribution in [3.8, 4) is 17.2 Å². The average Bonchev–Trinajstić information content (AvgIpc) is 3.31. The number of ether oxygens (including phenoxy) is 2. The molecule has 0 radical (unpaired) electrons. The van der Waals surface area contributed by atoms with Gasteiger partial charge in [0.25, 0.3) is 5.91 Å². The molecule has 0 saturated heterocycles. The third kappa shape index (κ3) is 4.31. The minimum Gasteiger partial charge on any atom is -0.494 e. The van der Waals surface area contributed by atoms with Gasteiger partial charge in [0.2, 0.25) is 0 Å². The Morgan fingerprint density at radius 1 is 1.10 bits per heavy atom. The summed E-state index contributed by atoms with van der Waals surface area (Å²) < 4.78 is 12.9. The number of anilines is 1. The van der Waals surface area contributed by atoms with Crippen LogP contribution in [-0.4, -0.2) is 28.9 Å². The first-order chi connectivity index (χ1) is 14.5. The fourth-order valence-electron chi connectivity index (χ4n) is 3.47. The van der Waals surface area contributed by atoms with Crippen molar-refractivity contribution in [2.24, 2.45) is 0 Å². The summed E-state index contributed by atoms with van der Waals surface area (Å²) in [5.74, 6) is 3.63. The Balaban J connectivity index is 1.50. The molecular formula is C23H25N3O3S. The fraction of sp³-hybridized carbons (Fsp3) is 0.304. The van der Waals surface area contributed by atoms with E-state index in [2.05, 4.69) is 31.3 Å². The molecule has 1 aliphatic heterocycles. The highest BCUT2D eigenvalue weighted by atomic mass is 32.2. The minimum absolute atomic E-state index is 0.0754. The Bertz CT molecular complexity index is 1060. The second kappa shape index (κ2) is 8.83. The van der Waals surface area contributed by atoms with Crippen LogP contribution in [0.2, 0.25) is 0 Å². The van der Waals surface area contributed by atoms with Crippen LogP contribution in [0.5, 0.6) is 11.5 Å². The summed E-state index contributed by atoms with van der Waals surface area (Å²) in [4.78, 5) is 12.7. The van der Waals surface area contributed by atoms with E-state index >= 15 is 0 Å². The molecule has 0 unspecified atom stereocenters. The predicted molar refractivity (Wildman–Crippen MR) is 120 cm³/mol. The third-order valence-electron chi connectivity index (χ3n) is 4.89. The molecule has 0 atom stereocenters. The number of fused-ring (bicyclic) bond motifs is 1. The van der Waals surface area contributed by atoms with Crippen molar-refractivity contribution in [2.75, 3.05) is 18.5 Å². The Morgan fingerprint density at radius 2 is 1.83 bits per heavy atom. The largest absolute Gasteiger partial charge is 0.494 e. The van der Waals surface area contributed by atoms with Crippen LogP contribution in [-0.2, 0) is 16.3 Å². The number of carbonyl (C=O) groups excluding carboxylic acids is 1. The van der Waals surface area contributed by atoms with E-state index < -0.39 is 0 Å². The van der Waals surface area contributed by atoms with Gasteiger partial charge < -0.3 is 14.8 Å². The van der Waals surface area contributed by atoms with E-state index in [9.17, 15) is 4.79 Å². The third-order valence-corrected chi connectivity index (χ3v) is 5.87. The van der Waals surface area contributed by atoms with Gasteiger partial charge in [0.15, 0.2) is 6.61 Å². The maximum atomic E-state index is 12.7. The SMILES string of the molecule is CCOc1ccc(OCC(=O)Nc2c3c(nn2-c2ccc(C)cc2C)CSC3)cc1. The highest BCUT2D eigenvalue weighted by molar-refractivity contribution is 7.98. The molecule has 1 aromatic heterocycles. The van der Waals surface area contributed by atoms with E-state index in [1.54, 1.807) is 23.9 Å². The summed E-state index contributed by atoms with van der Waals surface area (Å²) >= 11 is 1.81. The highest BCUT2D eigenvalue weighted by Crippen LogP contribution is 2.36. The molecule has 3 aromatic rings. The predicted octanol–water partition coefficient (Wildman–Crippen LogP) is 4.65. The van der Waals surface area contributed by atoms with Crippen LogP contribution in [0.25, 0.3) is 5.69 Å². The molecule has 2 aromatic carbocycles. The molecule has 30 heavy (non-hydrogen) atoms. The first kappa shape index (κ1) is 20.3. The van der Waals surface area contributed by atoms with E-state index in [0.29, 0.717) is 12.4 Å². The van der Waals surface area contributed by atoms with Crippen molar-refractivity contribution in [3.63, 3.8) is 0 Å². The summed E-state index contributed by atoms with van der Waals surface area (Å²) in [7, 11) is 0. The molecule has 0 spiro atoms. The second-order valence-electron chi connectivity index (χ2n) is 7.21. The molecular weight excluding hydrogens is 398 g/mol. The first-order valence-electron chi connectivity index (χ1n) is 9.97. The molecule has 1 aliphatic rings. The Morgan fingerprint density at radius 3 is 2.53 bits per heavy atom. The molecule has 4 rings (SSSR count). The lowest BCUT2D eigenvalue weighted by molar-refractivity contribution is -0.118. The van der Waals surface area contributed by atoms with Crippen LogP contribution in [0, 0.1) is 13.8 Å². The minimum atomic E-state index is -0.213. The molecule has 2 heterocycles. The number of amides is 1. The number of nitrogens with one attached hydrogen (secondary N) is 1. The van der Waals surface area contributed by atoms with Gasteiger partial charge in [-0.15, -0.1) is 0 Å². The normalized spacial score (nSPS) is 12.5. The number of benzene rings is 2. The monoisotopic (exact) mass is 423 g/mol. The van der Waals surface area contributed by atoms with Crippen LogP contribution in [0.3, 0.4) is 0 Å². The maximum absolute atomic E-state index is 12.7. The number of thioether (sulfide) groups is 1. The molecule has 1 amide bonds. The summed E-state index contributed by atoms with van der Waals surface area (Å²) in [6, 6.07) is 13.5. The van der Waals surface area contributed by atoms with Gasteiger partial charge in [-0.3, -0.25) is 4.79 Å². The van der Waals surface area contributed by atoms with Crippen molar-refractivity contribution in [1.82, 2.24) is 9.78 Å². The number of hydrogen-bond acceptors (Lipinski definition) is 5. The van der Waals surface area contributed by atoms with Gasteiger partial charge in [0, 0.05) is 17.1 Å². The lowest BCUT2D eigenvalue weighted by atomic mass is 10.1. The smallest absolute Gasteiger partial charge is 0.263 e. The molecule has 0 saturated carbocycles. The standard InChI is InChI=1S/C23H25N3O3S/c1-4-28-17-6-8-18(9-7-17)29-12-22(27)24-23-19-13-30-14-20(19)25-26(23)21-10-5-15(2)11-16(21)3/h5-11H,4,12-14H2,1-3H3,(H,24,27). The van der Waals surface area contributed by atoms with Crippen LogP contribution in [0.4, 0.5) is 5.82 Å². The van der Waals surface area contributed by atoms with E-state index in [1.165, 1.54) is 5.56 Å². The molecule has 7 heteroatoms. The van der Waals surface area contributed by atoms with Gasteiger partial charge in [-0.1, -0.05) is 17.7 Å². The number of nitrogens with zero attached hydrogens (tertiary/aromatic N) is 2. The topological polar surface area (TPSA) is 65.4 Å². The molecule has 0 fully saturated rings. The van der Waals surface area contributed by atoms with Crippen molar-refractivity contribution in [2.45, 2.75) is 32.3 Å². The molecule has 0 aliphatic carbocycles. The Hall–Kier alpha value is -2.93. The van der Waals surface area contributed by atoms with Gasteiger partial charge in [-0.25, -0.2) is 4.68 Å². The fourth-order valence-corrected chi connectivity index (χ4v) is 4.51. The quantitative estimate of drug-likeness (QED) is 0.599. The van der Waals surface area contributed by atoms with Gasteiger partial charge in [-0.2, -0.15) is 16.9 Å². The lowest BCUT2D eigenvalue weighted by Gasteiger charge is -2.14. The van der Waals surface area contributed by atoms with Crippen LogP contribution in [0.15, 0.2) is 42.5 Å². The van der Waals surface area contributed by atoms with E-state index in [0.717, 1.165) is 45.6 Å². The Labute approximate surface area is 180 Å². The average molecular weight is 424 g/mol. The van der Waals surface area contributed by atoms with Crippen molar-refractivity contribution in [1.29, 1.82) is 0 Å². The van der Waals surface area contributed by atoms with E-state index in [1.807, 2.05) is 29.8 Å². The zero-order chi connectivity index (χ0) is 21.1. The first-order valence-corrected chi connectivity index (χ1v) is 11.1. The zero-order valence-corrected chi connectivity index (χ0v) is 18.2. The zero-order valence-electron chi connectivity index (χ0n) is 17.4. The summed E-state index contributed by atoms with van der Waals surface area (Å²) in [5, 5.41) is 7.81. The second-order valence-corrected chi connectivity index (χ2v) is 8.20. The number of rotatable bonds is 7. The lowest BCUT2D eigenvalue weighted by Crippen LogP contribution is -2.22. The summed E-state index contributed by atoms with van der Waals surface area (Å²) in [6.07, 6.45) is 0. The molecule has 0 bridgehead atoms. The van der Waals surface area contributed by atoms with Gasteiger partial charge in [0.05, 0.1) is 18.0 Å². The van der Waals surface area contributed by atoms with Crippen molar-refractivity contribution < 1.29 is 14.3 Å². The van der Waals surface area contributed by atoms with Crippen molar-refractivity contribution in [3.05, 3.63) is 64.8 Å². The van der Waals surface area contributed by atoms with Gasteiger partial charge in [-0.05, 0) is 56.7 Å². The molecule has 6 nitrogen and oxygen atoms in total. The van der Waals surface area contributed by atoms with Crippen LogP contribution in [0.1, 0.15) is 29.3 Å². The number of hydrogen-bond donors (Lipinski definition) is 1. The number of aromatic nitrogens is 2. The number of aryl methyl sites for hydroxylation is 2. The van der Waals surface area contributed by atoms with Gasteiger partial charge >= 0.3 is 0 Å².